The molecule has 0 unspecified atom stereocenters. The van der Waals surface area contributed by atoms with Crippen molar-refractivity contribution in [2.24, 2.45) is 0 Å². The third kappa shape index (κ3) is 4.31. The van der Waals surface area contributed by atoms with E-state index >= 15 is 0 Å². The lowest BCUT2D eigenvalue weighted by Gasteiger charge is -2.38. The summed E-state index contributed by atoms with van der Waals surface area (Å²) in [5.41, 5.74) is 2.18. The molecule has 2 aromatic carbocycles. The zero-order valence-corrected chi connectivity index (χ0v) is 14.5. The first-order valence-corrected chi connectivity index (χ1v) is 8.57. The maximum absolute atomic E-state index is 11.8. The van der Waals surface area contributed by atoms with Gasteiger partial charge in [-0.1, -0.05) is 30.3 Å². The number of nitrogens with zero attached hydrogens (tertiary/aromatic N) is 2. The molecule has 1 fully saturated rings. The average Bonchev–Trinajstić information content (AvgIpc) is 2.67. The number of anilines is 1. The van der Waals surface area contributed by atoms with E-state index in [1.165, 1.54) is 5.69 Å². The standard InChI is InChI=1S/C20H24N2O3/c1-25-18-9-5-6-16(14-18)15-19(20(23)24)22-12-10-21(11-13-22)17-7-3-2-4-8-17/h2-9,14,19H,10-13,15H2,1H3,(H,23,24)/t19-/m0/s1. The van der Waals surface area contributed by atoms with E-state index in [4.69, 9.17) is 4.74 Å². The molecule has 1 atom stereocenters. The number of ether oxygens (including phenoxy) is 1. The van der Waals surface area contributed by atoms with Crippen molar-refractivity contribution in [3.05, 3.63) is 60.2 Å². The number of hydrogen-bond donors (Lipinski definition) is 1. The highest BCUT2D eigenvalue weighted by Gasteiger charge is 2.29. The monoisotopic (exact) mass is 340 g/mol. The predicted molar refractivity (Wildman–Crippen MR) is 98.3 cm³/mol. The molecule has 1 saturated heterocycles. The Morgan fingerprint density at radius 3 is 2.44 bits per heavy atom. The minimum Gasteiger partial charge on any atom is -0.497 e. The van der Waals surface area contributed by atoms with E-state index in [1.54, 1.807) is 7.11 Å². The van der Waals surface area contributed by atoms with Crippen LogP contribution < -0.4 is 9.64 Å². The molecule has 5 nitrogen and oxygen atoms in total. The Hall–Kier alpha value is -2.53. The molecule has 0 saturated carbocycles. The highest BCUT2D eigenvalue weighted by molar-refractivity contribution is 5.74. The van der Waals surface area contributed by atoms with Gasteiger partial charge in [0.25, 0.3) is 0 Å². The van der Waals surface area contributed by atoms with Gasteiger partial charge in [0.1, 0.15) is 11.8 Å². The van der Waals surface area contributed by atoms with Gasteiger partial charge in [-0.3, -0.25) is 9.69 Å². The van der Waals surface area contributed by atoms with Crippen molar-refractivity contribution in [2.75, 3.05) is 38.2 Å². The summed E-state index contributed by atoms with van der Waals surface area (Å²) in [6.45, 7) is 3.17. The second-order valence-electron chi connectivity index (χ2n) is 6.27. The summed E-state index contributed by atoms with van der Waals surface area (Å²) in [6.07, 6.45) is 0.484. The SMILES string of the molecule is COc1cccc(C[C@@H](C(=O)O)N2CCN(c3ccccc3)CC2)c1. The number of benzene rings is 2. The summed E-state index contributed by atoms with van der Waals surface area (Å²) < 4.78 is 5.24. The van der Waals surface area contributed by atoms with Crippen LogP contribution in [0.15, 0.2) is 54.6 Å². The molecule has 0 aliphatic carbocycles. The minimum atomic E-state index is -0.768. The zero-order valence-electron chi connectivity index (χ0n) is 14.5. The van der Waals surface area contributed by atoms with E-state index in [2.05, 4.69) is 21.9 Å². The van der Waals surface area contributed by atoms with E-state index in [1.807, 2.05) is 42.5 Å². The number of methoxy groups -OCH3 is 1. The van der Waals surface area contributed by atoms with Crippen molar-refractivity contribution in [2.45, 2.75) is 12.5 Å². The largest absolute Gasteiger partial charge is 0.497 e. The number of aliphatic carboxylic acids is 1. The number of rotatable bonds is 6. The first-order valence-electron chi connectivity index (χ1n) is 8.57. The molecule has 0 radical (unpaired) electrons. The molecule has 0 amide bonds. The fourth-order valence-electron chi connectivity index (χ4n) is 3.33. The lowest BCUT2D eigenvalue weighted by molar-refractivity contribution is -0.143. The van der Waals surface area contributed by atoms with Crippen molar-refractivity contribution >= 4 is 11.7 Å². The summed E-state index contributed by atoms with van der Waals surface area (Å²) in [4.78, 5) is 16.2. The van der Waals surface area contributed by atoms with Gasteiger partial charge in [-0.05, 0) is 36.2 Å². The molecule has 5 heteroatoms. The fraction of sp³-hybridized carbons (Fsp3) is 0.350. The molecule has 0 aromatic heterocycles. The van der Waals surface area contributed by atoms with Gasteiger partial charge >= 0.3 is 5.97 Å². The normalized spacial score (nSPS) is 16.4. The van der Waals surface area contributed by atoms with E-state index in [0.717, 1.165) is 37.5 Å². The van der Waals surface area contributed by atoms with Crippen molar-refractivity contribution in [1.29, 1.82) is 0 Å². The molecule has 2 aromatic rings. The van der Waals surface area contributed by atoms with Crippen LogP contribution >= 0.6 is 0 Å². The van der Waals surface area contributed by atoms with Gasteiger partial charge < -0.3 is 14.7 Å². The van der Waals surface area contributed by atoms with Gasteiger partial charge in [0, 0.05) is 31.9 Å². The maximum atomic E-state index is 11.8. The Morgan fingerprint density at radius 2 is 1.80 bits per heavy atom. The third-order valence-electron chi connectivity index (χ3n) is 4.72. The Kier molecular flexibility index (Phi) is 5.56. The number of carboxylic acid groups (broad SMARTS) is 1. The molecule has 1 aliphatic heterocycles. The van der Waals surface area contributed by atoms with Crippen LogP contribution in [-0.2, 0) is 11.2 Å². The lowest BCUT2D eigenvalue weighted by Crippen LogP contribution is -2.53. The molecular weight excluding hydrogens is 316 g/mol. The molecule has 0 spiro atoms. The van der Waals surface area contributed by atoms with Gasteiger partial charge in [0.05, 0.1) is 7.11 Å². The van der Waals surface area contributed by atoms with Crippen molar-refractivity contribution in [3.63, 3.8) is 0 Å². The molecule has 1 heterocycles. The number of hydrogen-bond acceptors (Lipinski definition) is 4. The van der Waals surface area contributed by atoms with Crippen LogP contribution in [0.25, 0.3) is 0 Å². The van der Waals surface area contributed by atoms with Crippen molar-refractivity contribution in [1.82, 2.24) is 4.90 Å². The second-order valence-corrected chi connectivity index (χ2v) is 6.27. The second kappa shape index (κ2) is 8.03. The number of piperazine rings is 1. The summed E-state index contributed by atoms with van der Waals surface area (Å²) in [6, 6.07) is 17.4. The smallest absolute Gasteiger partial charge is 0.321 e. The average molecular weight is 340 g/mol. The molecule has 1 N–H and O–H groups in total. The zero-order chi connectivity index (χ0) is 17.6. The first kappa shape index (κ1) is 17.3. The summed E-state index contributed by atoms with van der Waals surface area (Å²) >= 11 is 0. The Morgan fingerprint density at radius 1 is 1.08 bits per heavy atom. The van der Waals surface area contributed by atoms with Gasteiger partial charge in [-0.2, -0.15) is 0 Å². The van der Waals surface area contributed by atoms with E-state index in [0.29, 0.717) is 6.42 Å². The quantitative estimate of drug-likeness (QED) is 0.876. The highest BCUT2D eigenvalue weighted by Crippen LogP contribution is 2.20. The highest BCUT2D eigenvalue weighted by atomic mass is 16.5. The van der Waals surface area contributed by atoms with Gasteiger partial charge in [-0.15, -0.1) is 0 Å². The Balaban J connectivity index is 1.65. The number of carbonyl (C=O) groups is 1. The van der Waals surface area contributed by atoms with Crippen LogP contribution in [0.3, 0.4) is 0 Å². The molecule has 3 rings (SSSR count). The van der Waals surface area contributed by atoms with Crippen LogP contribution in [0.1, 0.15) is 5.56 Å². The Labute approximate surface area is 148 Å². The molecule has 132 valence electrons. The number of carboxylic acids is 1. The topological polar surface area (TPSA) is 53.0 Å². The lowest BCUT2D eigenvalue weighted by atomic mass is 10.0. The van der Waals surface area contributed by atoms with E-state index < -0.39 is 12.0 Å². The molecule has 1 aliphatic rings. The molecule has 25 heavy (non-hydrogen) atoms. The summed E-state index contributed by atoms with van der Waals surface area (Å²) in [5, 5.41) is 9.71. The minimum absolute atomic E-state index is 0.484. The van der Waals surface area contributed by atoms with E-state index in [9.17, 15) is 9.90 Å². The van der Waals surface area contributed by atoms with E-state index in [-0.39, 0.29) is 0 Å². The molecular formula is C20H24N2O3. The van der Waals surface area contributed by atoms with Crippen LogP contribution in [0.5, 0.6) is 5.75 Å². The van der Waals surface area contributed by atoms with Crippen molar-refractivity contribution in [3.8, 4) is 5.75 Å². The third-order valence-corrected chi connectivity index (χ3v) is 4.72. The number of para-hydroxylation sites is 1. The molecule has 0 bridgehead atoms. The van der Waals surface area contributed by atoms with Crippen LogP contribution in [-0.4, -0.2) is 55.3 Å². The van der Waals surface area contributed by atoms with Crippen LogP contribution in [0, 0.1) is 0 Å². The van der Waals surface area contributed by atoms with Crippen LogP contribution in [0.4, 0.5) is 5.69 Å². The van der Waals surface area contributed by atoms with Crippen LogP contribution in [0.2, 0.25) is 0 Å². The van der Waals surface area contributed by atoms with Gasteiger partial charge in [0.2, 0.25) is 0 Å². The summed E-state index contributed by atoms with van der Waals surface area (Å²) in [5.74, 6) is -0.00785. The van der Waals surface area contributed by atoms with Gasteiger partial charge in [-0.25, -0.2) is 0 Å². The van der Waals surface area contributed by atoms with Crippen molar-refractivity contribution < 1.29 is 14.6 Å². The first-order chi connectivity index (χ1) is 12.2. The maximum Gasteiger partial charge on any atom is 0.321 e. The summed E-state index contributed by atoms with van der Waals surface area (Å²) in [7, 11) is 1.62. The fourth-order valence-corrected chi connectivity index (χ4v) is 3.33. The Bertz CT molecular complexity index is 697. The van der Waals surface area contributed by atoms with Gasteiger partial charge in [0.15, 0.2) is 0 Å². The predicted octanol–water partition coefficient (Wildman–Crippen LogP) is 2.51.